The van der Waals surface area contributed by atoms with E-state index < -0.39 is 23.3 Å². The maximum atomic E-state index is 12.2. The van der Waals surface area contributed by atoms with Crippen molar-refractivity contribution in [2.75, 3.05) is 5.75 Å². The summed E-state index contributed by atoms with van der Waals surface area (Å²) in [6.07, 6.45) is -4.14. The van der Waals surface area contributed by atoms with Crippen LogP contribution in [0.5, 0.6) is 0 Å². The van der Waals surface area contributed by atoms with Crippen molar-refractivity contribution in [1.82, 2.24) is 0 Å². The lowest BCUT2D eigenvalue weighted by Gasteiger charge is -2.32. The lowest BCUT2D eigenvalue weighted by molar-refractivity contribution is -0.160. The fourth-order valence-corrected chi connectivity index (χ4v) is 2.98. The predicted octanol–water partition coefficient (Wildman–Crippen LogP) is 2.68. The summed E-state index contributed by atoms with van der Waals surface area (Å²) in [5.74, 6) is -0.831. The lowest BCUT2D eigenvalue weighted by atomic mass is 9.96. The van der Waals surface area contributed by atoms with Crippen LogP contribution < -0.4 is 0 Å². The number of alkyl halides is 3. The van der Waals surface area contributed by atoms with E-state index in [1.54, 1.807) is 0 Å². The summed E-state index contributed by atoms with van der Waals surface area (Å²) in [7, 11) is 0. The van der Waals surface area contributed by atoms with E-state index in [2.05, 4.69) is 0 Å². The number of carboxylic acids is 1. The van der Waals surface area contributed by atoms with Crippen LogP contribution in [0.4, 0.5) is 13.2 Å². The van der Waals surface area contributed by atoms with Crippen molar-refractivity contribution in [3.63, 3.8) is 0 Å². The van der Waals surface area contributed by atoms with E-state index in [9.17, 15) is 18.0 Å². The summed E-state index contributed by atoms with van der Waals surface area (Å²) in [5, 5.41) is 8.83. The summed E-state index contributed by atoms with van der Waals surface area (Å²) in [6.45, 7) is 0. The van der Waals surface area contributed by atoms with Crippen molar-refractivity contribution >= 4 is 17.7 Å². The number of halogens is 3. The quantitative estimate of drug-likeness (QED) is 0.789. The van der Waals surface area contributed by atoms with Crippen molar-refractivity contribution in [2.24, 2.45) is 0 Å². The fourth-order valence-electron chi connectivity index (χ4n) is 1.56. The molecular weight excluding hydrogens is 217 g/mol. The van der Waals surface area contributed by atoms with Gasteiger partial charge in [-0.15, -0.1) is 11.8 Å². The van der Waals surface area contributed by atoms with Gasteiger partial charge < -0.3 is 5.11 Å². The minimum Gasteiger partial charge on any atom is -0.480 e. The SMILES string of the molecule is O=C(O)C1(CC(F)(F)F)CCCCS1. The molecule has 0 aliphatic carbocycles. The molecule has 0 spiro atoms. The summed E-state index contributed by atoms with van der Waals surface area (Å²) in [4.78, 5) is 10.8. The normalized spacial score (nSPS) is 28.8. The minimum atomic E-state index is -4.40. The first-order chi connectivity index (χ1) is 6.36. The lowest BCUT2D eigenvalue weighted by Crippen LogP contribution is -2.41. The molecule has 1 saturated heterocycles. The third-order valence-corrected chi connectivity index (χ3v) is 3.80. The van der Waals surface area contributed by atoms with Gasteiger partial charge in [-0.25, -0.2) is 0 Å². The van der Waals surface area contributed by atoms with Gasteiger partial charge in [-0.3, -0.25) is 4.79 Å². The molecule has 0 aromatic heterocycles. The zero-order valence-electron chi connectivity index (χ0n) is 7.43. The molecule has 1 fully saturated rings. The Morgan fingerprint density at radius 2 is 2.07 bits per heavy atom. The highest BCUT2D eigenvalue weighted by atomic mass is 32.2. The van der Waals surface area contributed by atoms with Crippen molar-refractivity contribution in [1.29, 1.82) is 0 Å². The second-order valence-corrected chi connectivity index (χ2v) is 4.88. The van der Waals surface area contributed by atoms with Gasteiger partial charge in [-0.1, -0.05) is 6.42 Å². The molecule has 0 aromatic carbocycles. The monoisotopic (exact) mass is 228 g/mol. The number of hydrogen-bond donors (Lipinski definition) is 1. The molecule has 1 N–H and O–H groups in total. The molecule has 1 heterocycles. The zero-order valence-corrected chi connectivity index (χ0v) is 8.25. The maximum absolute atomic E-state index is 12.2. The van der Waals surface area contributed by atoms with Crippen LogP contribution in [0.2, 0.25) is 0 Å². The summed E-state index contributed by atoms with van der Waals surface area (Å²) < 4.78 is 34.9. The van der Waals surface area contributed by atoms with Crippen molar-refractivity contribution in [3.8, 4) is 0 Å². The second-order valence-electron chi connectivity index (χ2n) is 3.40. The van der Waals surface area contributed by atoms with Crippen molar-refractivity contribution in [3.05, 3.63) is 0 Å². The smallest absolute Gasteiger partial charge is 0.391 e. The Morgan fingerprint density at radius 3 is 2.43 bits per heavy atom. The van der Waals surface area contributed by atoms with Gasteiger partial charge >= 0.3 is 12.1 Å². The number of aliphatic carboxylic acids is 1. The third-order valence-electron chi connectivity index (χ3n) is 2.23. The standard InChI is InChI=1S/C8H11F3O2S/c9-8(10,11)5-7(6(12)13)3-1-2-4-14-7/h1-5H2,(H,12,13). The second kappa shape index (κ2) is 4.00. The number of thioether (sulfide) groups is 1. The summed E-state index contributed by atoms with van der Waals surface area (Å²) in [5.41, 5.74) is 0. The molecule has 0 aromatic rings. The Morgan fingerprint density at radius 1 is 1.43 bits per heavy atom. The average molecular weight is 228 g/mol. The highest BCUT2D eigenvalue weighted by Gasteiger charge is 2.49. The third kappa shape index (κ3) is 2.80. The molecule has 1 rings (SSSR count). The first-order valence-electron chi connectivity index (χ1n) is 4.30. The van der Waals surface area contributed by atoms with Crippen molar-refractivity contribution < 1.29 is 23.1 Å². The van der Waals surface area contributed by atoms with Crippen LogP contribution in [-0.2, 0) is 4.79 Å². The molecule has 1 atom stereocenters. The molecule has 1 unspecified atom stereocenters. The van der Waals surface area contributed by atoms with Crippen LogP contribution in [0.3, 0.4) is 0 Å². The topological polar surface area (TPSA) is 37.3 Å². The highest BCUT2D eigenvalue weighted by Crippen LogP contribution is 2.44. The van der Waals surface area contributed by atoms with Gasteiger partial charge in [0, 0.05) is 0 Å². The molecule has 0 amide bonds. The van der Waals surface area contributed by atoms with Gasteiger partial charge in [-0.2, -0.15) is 13.2 Å². The molecule has 0 bridgehead atoms. The molecule has 6 heteroatoms. The number of hydrogen-bond acceptors (Lipinski definition) is 2. The van der Waals surface area contributed by atoms with Crippen LogP contribution in [0, 0.1) is 0 Å². The Kier molecular flexibility index (Phi) is 3.34. The largest absolute Gasteiger partial charge is 0.480 e. The Hall–Kier alpha value is -0.390. The first kappa shape index (κ1) is 11.7. The van der Waals surface area contributed by atoms with Gasteiger partial charge in [0.15, 0.2) is 0 Å². The van der Waals surface area contributed by atoms with Crippen LogP contribution in [0.1, 0.15) is 25.7 Å². The molecule has 14 heavy (non-hydrogen) atoms. The zero-order chi connectivity index (χ0) is 10.8. The molecule has 1 aliphatic rings. The fraction of sp³-hybridized carbons (Fsp3) is 0.875. The molecule has 82 valence electrons. The van der Waals surface area contributed by atoms with Crippen molar-refractivity contribution in [2.45, 2.75) is 36.6 Å². The summed E-state index contributed by atoms with van der Waals surface area (Å²) >= 11 is 0.926. The van der Waals surface area contributed by atoms with E-state index in [1.165, 1.54) is 0 Å². The maximum Gasteiger partial charge on any atom is 0.391 e. The van der Waals surface area contributed by atoms with Crippen LogP contribution >= 0.6 is 11.8 Å². The minimum absolute atomic E-state index is 0.118. The van der Waals surface area contributed by atoms with Crippen LogP contribution in [-0.4, -0.2) is 27.8 Å². The number of rotatable bonds is 2. The number of carboxylic acid groups (broad SMARTS) is 1. The Labute approximate surface area is 83.9 Å². The van der Waals surface area contributed by atoms with E-state index in [4.69, 9.17) is 5.11 Å². The van der Waals surface area contributed by atoms with Gasteiger partial charge in [-0.05, 0) is 18.6 Å². The van der Waals surface area contributed by atoms with Crippen LogP contribution in [0.25, 0.3) is 0 Å². The van der Waals surface area contributed by atoms with Gasteiger partial charge in [0.25, 0.3) is 0 Å². The molecule has 0 saturated carbocycles. The molecule has 0 radical (unpaired) electrons. The molecular formula is C8H11F3O2S. The number of carbonyl (C=O) groups is 1. The van der Waals surface area contributed by atoms with Gasteiger partial charge in [0.2, 0.25) is 0 Å². The average Bonchev–Trinajstić information content (AvgIpc) is 2.02. The Balaban J connectivity index is 2.76. The first-order valence-corrected chi connectivity index (χ1v) is 5.28. The highest BCUT2D eigenvalue weighted by molar-refractivity contribution is 8.01. The Bertz CT molecular complexity index is 221. The predicted molar refractivity (Wildman–Crippen MR) is 47.3 cm³/mol. The molecule has 1 aliphatic heterocycles. The van der Waals surface area contributed by atoms with Crippen LogP contribution in [0.15, 0.2) is 0 Å². The van der Waals surface area contributed by atoms with E-state index >= 15 is 0 Å². The van der Waals surface area contributed by atoms with E-state index in [1.807, 2.05) is 0 Å². The van der Waals surface area contributed by atoms with Gasteiger partial charge in [0.1, 0.15) is 4.75 Å². The van der Waals surface area contributed by atoms with E-state index in [0.717, 1.165) is 18.2 Å². The molecule has 2 nitrogen and oxygen atoms in total. The van der Waals surface area contributed by atoms with E-state index in [0.29, 0.717) is 12.2 Å². The van der Waals surface area contributed by atoms with Gasteiger partial charge in [0.05, 0.1) is 6.42 Å². The summed E-state index contributed by atoms with van der Waals surface area (Å²) in [6, 6.07) is 0. The van der Waals surface area contributed by atoms with E-state index in [-0.39, 0.29) is 6.42 Å².